The third kappa shape index (κ3) is 4.13. The number of para-hydroxylation sites is 1. The Kier molecular flexibility index (Phi) is 5.10. The minimum Gasteiger partial charge on any atom is -0.351 e. The Hall–Kier alpha value is -1.71. The average molecular weight is 340 g/mol. The summed E-state index contributed by atoms with van der Waals surface area (Å²) in [7, 11) is 0. The summed E-state index contributed by atoms with van der Waals surface area (Å²) < 4.78 is 2.88. The number of aromatic nitrogens is 2. The van der Waals surface area contributed by atoms with Crippen LogP contribution in [0.2, 0.25) is 0 Å². The van der Waals surface area contributed by atoms with Crippen LogP contribution in [0.1, 0.15) is 6.92 Å². The predicted octanol–water partition coefficient (Wildman–Crippen LogP) is 2.34. The van der Waals surface area contributed by atoms with Gasteiger partial charge in [0, 0.05) is 0 Å². The Morgan fingerprint density at radius 1 is 1.43 bits per heavy atom. The van der Waals surface area contributed by atoms with Gasteiger partial charge < -0.3 is 5.73 Å². The zero-order chi connectivity index (χ0) is 15.4. The van der Waals surface area contributed by atoms with E-state index in [-0.39, 0.29) is 0 Å². The second-order valence-corrected chi connectivity index (χ2v) is 7.21. The Balaban J connectivity index is 2.15. The first-order valence-electron chi connectivity index (χ1n) is 5.90. The van der Waals surface area contributed by atoms with Crippen molar-refractivity contribution >= 4 is 47.3 Å². The number of imide groups is 1. The summed E-state index contributed by atoms with van der Waals surface area (Å²) >= 11 is 7.80. The van der Waals surface area contributed by atoms with Gasteiger partial charge in [0.2, 0.25) is 5.91 Å². The van der Waals surface area contributed by atoms with Crippen molar-refractivity contribution in [1.29, 1.82) is 0 Å². The van der Waals surface area contributed by atoms with E-state index in [0.717, 1.165) is 5.69 Å². The van der Waals surface area contributed by atoms with Crippen LogP contribution in [0.4, 0.5) is 4.79 Å². The summed E-state index contributed by atoms with van der Waals surface area (Å²) in [5.41, 5.74) is 5.78. The molecule has 1 atom stereocenters. The molecular weight excluding hydrogens is 328 g/mol. The second kappa shape index (κ2) is 6.83. The van der Waals surface area contributed by atoms with Gasteiger partial charge in [-0.2, -0.15) is 0 Å². The van der Waals surface area contributed by atoms with E-state index in [1.54, 1.807) is 11.6 Å². The van der Waals surface area contributed by atoms with E-state index in [1.165, 1.54) is 23.1 Å². The zero-order valence-electron chi connectivity index (χ0n) is 11.0. The van der Waals surface area contributed by atoms with Crippen LogP contribution in [0.15, 0.2) is 34.7 Å². The lowest BCUT2D eigenvalue weighted by Crippen LogP contribution is -2.39. The van der Waals surface area contributed by atoms with Crippen LogP contribution in [-0.2, 0) is 4.79 Å². The number of thioether (sulfide) groups is 1. The first-order valence-corrected chi connectivity index (χ1v) is 8.00. The van der Waals surface area contributed by atoms with Crippen LogP contribution in [0, 0.1) is 3.95 Å². The minimum atomic E-state index is -0.866. The average Bonchev–Trinajstić information content (AvgIpc) is 2.79. The molecule has 9 heteroatoms. The summed E-state index contributed by atoms with van der Waals surface area (Å²) in [6, 6.07) is 8.62. The Bertz CT molecular complexity index is 711. The van der Waals surface area contributed by atoms with Gasteiger partial charge in [0.25, 0.3) is 0 Å². The fourth-order valence-corrected chi connectivity index (χ4v) is 3.97. The van der Waals surface area contributed by atoms with Crippen molar-refractivity contribution < 1.29 is 9.59 Å². The number of carbonyl (C=O) groups excluding carboxylic acids is 2. The van der Waals surface area contributed by atoms with Crippen molar-refractivity contribution in [2.45, 2.75) is 16.5 Å². The monoisotopic (exact) mass is 340 g/mol. The summed E-state index contributed by atoms with van der Waals surface area (Å²) in [4.78, 5) is 22.3. The number of nitrogens with one attached hydrogen (secondary N) is 1. The van der Waals surface area contributed by atoms with Crippen LogP contribution in [-0.4, -0.2) is 27.0 Å². The van der Waals surface area contributed by atoms with Gasteiger partial charge in [-0.05, 0) is 31.3 Å². The SMILES string of the molecule is CC(Sc1nn(-c2ccccc2)c(=S)s1)C(=O)NC(N)=O. The van der Waals surface area contributed by atoms with Crippen molar-refractivity contribution in [2.24, 2.45) is 5.73 Å². The molecule has 0 saturated carbocycles. The van der Waals surface area contributed by atoms with Crippen molar-refractivity contribution in [2.75, 3.05) is 0 Å². The molecule has 1 heterocycles. The maximum Gasteiger partial charge on any atom is 0.318 e. The molecule has 1 aromatic carbocycles. The molecule has 3 N–H and O–H groups in total. The number of carbonyl (C=O) groups is 2. The first-order chi connectivity index (χ1) is 9.97. The highest BCUT2D eigenvalue weighted by molar-refractivity contribution is 8.02. The van der Waals surface area contributed by atoms with Gasteiger partial charge in [-0.1, -0.05) is 41.3 Å². The lowest BCUT2D eigenvalue weighted by atomic mass is 10.3. The summed E-state index contributed by atoms with van der Waals surface area (Å²) in [5.74, 6) is -0.458. The minimum absolute atomic E-state index is 0.458. The van der Waals surface area contributed by atoms with E-state index in [2.05, 4.69) is 5.10 Å². The van der Waals surface area contributed by atoms with Crippen LogP contribution >= 0.6 is 35.3 Å². The van der Waals surface area contributed by atoms with E-state index >= 15 is 0 Å². The van der Waals surface area contributed by atoms with Gasteiger partial charge in [-0.3, -0.25) is 10.1 Å². The number of hydrogen-bond acceptors (Lipinski definition) is 6. The molecule has 0 fully saturated rings. The molecule has 0 aliphatic carbocycles. The van der Waals surface area contributed by atoms with Gasteiger partial charge in [-0.25, -0.2) is 9.48 Å². The third-order valence-corrected chi connectivity index (χ3v) is 4.84. The molecular formula is C12H12N4O2S3. The molecule has 1 aromatic heterocycles. The molecule has 0 bridgehead atoms. The maximum atomic E-state index is 11.6. The number of nitrogens with two attached hydrogens (primary N) is 1. The maximum absolute atomic E-state index is 11.6. The van der Waals surface area contributed by atoms with Crippen molar-refractivity contribution in [3.63, 3.8) is 0 Å². The molecule has 2 aromatic rings. The topological polar surface area (TPSA) is 90.0 Å². The van der Waals surface area contributed by atoms with Crippen molar-refractivity contribution in [3.05, 3.63) is 34.3 Å². The quantitative estimate of drug-likeness (QED) is 0.658. The summed E-state index contributed by atoms with van der Waals surface area (Å²) in [6.45, 7) is 1.67. The molecule has 21 heavy (non-hydrogen) atoms. The number of hydrogen-bond donors (Lipinski definition) is 2. The molecule has 0 aliphatic heterocycles. The highest BCUT2D eigenvalue weighted by atomic mass is 32.2. The summed E-state index contributed by atoms with van der Waals surface area (Å²) in [6.07, 6.45) is 0. The molecule has 6 nitrogen and oxygen atoms in total. The van der Waals surface area contributed by atoms with Crippen LogP contribution in [0.25, 0.3) is 5.69 Å². The first kappa shape index (κ1) is 15.7. The number of rotatable bonds is 4. The molecule has 0 saturated heterocycles. The van der Waals surface area contributed by atoms with Crippen molar-refractivity contribution in [3.8, 4) is 5.69 Å². The van der Waals surface area contributed by atoms with Crippen LogP contribution in [0.3, 0.4) is 0 Å². The Labute approximate surface area is 134 Å². The predicted molar refractivity (Wildman–Crippen MR) is 85.3 cm³/mol. The lowest BCUT2D eigenvalue weighted by Gasteiger charge is -2.07. The van der Waals surface area contributed by atoms with Gasteiger partial charge in [0.15, 0.2) is 8.29 Å². The number of amides is 3. The molecule has 3 amide bonds. The normalized spacial score (nSPS) is 11.9. The number of urea groups is 1. The van der Waals surface area contributed by atoms with Crippen molar-refractivity contribution in [1.82, 2.24) is 15.1 Å². The van der Waals surface area contributed by atoms with E-state index in [1.807, 2.05) is 35.6 Å². The Morgan fingerprint density at radius 3 is 2.71 bits per heavy atom. The molecule has 0 aliphatic rings. The van der Waals surface area contributed by atoms with E-state index in [4.69, 9.17) is 18.0 Å². The molecule has 2 rings (SSSR count). The second-order valence-electron chi connectivity index (χ2n) is 3.99. The highest BCUT2D eigenvalue weighted by Crippen LogP contribution is 2.27. The summed E-state index contributed by atoms with van der Waals surface area (Å²) in [5, 5.41) is 5.92. The highest BCUT2D eigenvalue weighted by Gasteiger charge is 2.18. The fraction of sp³-hybridized carbons (Fsp3) is 0.167. The molecule has 1 unspecified atom stereocenters. The number of primary amides is 1. The standard InChI is InChI=1S/C12H12N4O2S3/c1-7(9(17)14-10(13)18)20-11-15-16(12(19)21-11)8-5-3-2-4-6-8/h2-7H,1H3,(H3,13,14,17,18). The van der Waals surface area contributed by atoms with Crippen LogP contribution in [0.5, 0.6) is 0 Å². The molecule has 110 valence electrons. The smallest absolute Gasteiger partial charge is 0.318 e. The number of benzene rings is 1. The van der Waals surface area contributed by atoms with E-state index in [0.29, 0.717) is 8.29 Å². The lowest BCUT2D eigenvalue weighted by molar-refractivity contribution is -0.119. The van der Waals surface area contributed by atoms with Gasteiger partial charge >= 0.3 is 6.03 Å². The Morgan fingerprint density at radius 2 is 2.10 bits per heavy atom. The van der Waals surface area contributed by atoms with E-state index < -0.39 is 17.2 Å². The largest absolute Gasteiger partial charge is 0.351 e. The number of nitrogens with zero attached hydrogens (tertiary/aromatic N) is 2. The van der Waals surface area contributed by atoms with Crippen LogP contribution < -0.4 is 11.1 Å². The van der Waals surface area contributed by atoms with Gasteiger partial charge in [0.1, 0.15) is 0 Å². The zero-order valence-corrected chi connectivity index (χ0v) is 13.4. The molecule has 0 spiro atoms. The van der Waals surface area contributed by atoms with Gasteiger partial charge in [0.05, 0.1) is 10.9 Å². The fourth-order valence-electron chi connectivity index (χ4n) is 1.47. The van der Waals surface area contributed by atoms with Gasteiger partial charge in [-0.15, -0.1) is 5.10 Å². The molecule has 0 radical (unpaired) electrons. The van der Waals surface area contributed by atoms with E-state index in [9.17, 15) is 9.59 Å². The third-order valence-electron chi connectivity index (χ3n) is 2.42.